The van der Waals surface area contributed by atoms with Crippen molar-refractivity contribution in [3.8, 4) is 5.75 Å². The molecular weight excluding hydrogens is 408 g/mol. The Morgan fingerprint density at radius 1 is 1.06 bits per heavy atom. The van der Waals surface area contributed by atoms with Crippen LogP contribution in [-0.2, 0) is 4.79 Å². The third-order valence-corrected chi connectivity index (χ3v) is 6.36. The molecule has 2 aliphatic heterocycles. The Bertz CT molecular complexity index is 937. The summed E-state index contributed by atoms with van der Waals surface area (Å²) < 4.78 is 7.14. The number of likely N-dealkylation sites (tertiary alicyclic amines) is 2. The maximum atomic E-state index is 12.9. The van der Waals surface area contributed by atoms with Crippen LogP contribution in [0.25, 0.3) is 0 Å². The minimum atomic E-state index is -0.356. The van der Waals surface area contributed by atoms with E-state index >= 15 is 0 Å². The lowest BCUT2D eigenvalue weighted by Gasteiger charge is -2.37. The Morgan fingerprint density at radius 2 is 1.84 bits per heavy atom. The number of anilines is 2. The normalized spacial score (nSPS) is 20.1. The molecule has 3 amide bonds. The van der Waals surface area contributed by atoms with Crippen molar-refractivity contribution in [1.82, 2.24) is 19.6 Å². The van der Waals surface area contributed by atoms with Gasteiger partial charge in [-0.15, -0.1) is 0 Å². The van der Waals surface area contributed by atoms with Crippen LogP contribution in [0.3, 0.4) is 0 Å². The molecule has 2 N–H and O–H groups in total. The van der Waals surface area contributed by atoms with Crippen LogP contribution in [0.15, 0.2) is 36.5 Å². The Kier molecular flexibility index (Phi) is 6.94. The van der Waals surface area contributed by atoms with Gasteiger partial charge in [-0.2, -0.15) is 5.10 Å². The summed E-state index contributed by atoms with van der Waals surface area (Å²) >= 11 is 0. The van der Waals surface area contributed by atoms with E-state index in [1.807, 2.05) is 21.7 Å². The molecule has 4 rings (SSSR count). The van der Waals surface area contributed by atoms with Gasteiger partial charge in [-0.05, 0) is 51.4 Å². The van der Waals surface area contributed by atoms with Gasteiger partial charge in [0.05, 0.1) is 31.0 Å². The van der Waals surface area contributed by atoms with Gasteiger partial charge in [-0.1, -0.05) is 12.1 Å². The van der Waals surface area contributed by atoms with E-state index in [9.17, 15) is 9.59 Å². The molecule has 1 atom stereocenters. The second-order valence-electron chi connectivity index (χ2n) is 8.60. The van der Waals surface area contributed by atoms with Crippen molar-refractivity contribution in [1.29, 1.82) is 0 Å². The van der Waals surface area contributed by atoms with Crippen molar-refractivity contribution in [3.63, 3.8) is 0 Å². The van der Waals surface area contributed by atoms with E-state index in [-0.39, 0.29) is 23.9 Å². The van der Waals surface area contributed by atoms with Gasteiger partial charge in [0, 0.05) is 25.7 Å². The van der Waals surface area contributed by atoms with E-state index in [2.05, 4.69) is 27.7 Å². The highest BCUT2D eigenvalue weighted by Gasteiger charge is 2.31. The molecule has 32 heavy (non-hydrogen) atoms. The van der Waals surface area contributed by atoms with E-state index in [4.69, 9.17) is 4.74 Å². The van der Waals surface area contributed by atoms with Gasteiger partial charge in [0.2, 0.25) is 5.91 Å². The summed E-state index contributed by atoms with van der Waals surface area (Å²) in [6, 6.07) is 8.84. The zero-order valence-corrected chi connectivity index (χ0v) is 18.8. The van der Waals surface area contributed by atoms with Crippen molar-refractivity contribution in [2.45, 2.75) is 31.7 Å². The molecule has 2 aliphatic rings. The van der Waals surface area contributed by atoms with Crippen molar-refractivity contribution in [2.24, 2.45) is 5.92 Å². The highest BCUT2D eigenvalue weighted by molar-refractivity contribution is 6.00. The van der Waals surface area contributed by atoms with Crippen LogP contribution in [0.5, 0.6) is 5.75 Å². The van der Waals surface area contributed by atoms with Crippen LogP contribution in [0.1, 0.15) is 31.7 Å². The quantitative estimate of drug-likeness (QED) is 0.746. The van der Waals surface area contributed by atoms with Crippen molar-refractivity contribution >= 4 is 23.4 Å². The first-order valence-corrected chi connectivity index (χ1v) is 11.3. The zero-order chi connectivity index (χ0) is 22.5. The number of ether oxygens (including phenoxy) is 1. The number of urea groups is 1. The second kappa shape index (κ2) is 10.0. The molecule has 0 spiro atoms. The average Bonchev–Trinajstić information content (AvgIpc) is 3.27. The number of nitrogens with one attached hydrogen (secondary N) is 2. The maximum absolute atomic E-state index is 12.9. The summed E-state index contributed by atoms with van der Waals surface area (Å²) in [5, 5.41) is 10.1. The summed E-state index contributed by atoms with van der Waals surface area (Å²) in [5.74, 6) is 1.63. The Labute approximate surface area is 188 Å². The van der Waals surface area contributed by atoms with Crippen molar-refractivity contribution < 1.29 is 14.3 Å². The van der Waals surface area contributed by atoms with Gasteiger partial charge < -0.3 is 19.9 Å². The molecule has 1 aromatic heterocycles. The van der Waals surface area contributed by atoms with Gasteiger partial charge >= 0.3 is 6.03 Å². The fourth-order valence-electron chi connectivity index (χ4n) is 4.68. The van der Waals surface area contributed by atoms with Crippen molar-refractivity contribution in [2.75, 3.05) is 51.0 Å². The minimum Gasteiger partial charge on any atom is -0.495 e. The molecule has 2 saturated heterocycles. The fraction of sp³-hybridized carbons (Fsp3) is 0.522. The molecular formula is C23H32N6O3. The smallest absolute Gasteiger partial charge is 0.324 e. The topological polar surface area (TPSA) is 91.7 Å². The molecule has 0 aliphatic carbocycles. The third kappa shape index (κ3) is 5.04. The molecule has 1 unspecified atom stereocenters. The van der Waals surface area contributed by atoms with Crippen LogP contribution >= 0.6 is 0 Å². The highest BCUT2D eigenvalue weighted by atomic mass is 16.5. The maximum Gasteiger partial charge on any atom is 0.324 e. The van der Waals surface area contributed by atoms with E-state index in [1.54, 1.807) is 31.5 Å². The van der Waals surface area contributed by atoms with Gasteiger partial charge in [-0.3, -0.25) is 10.1 Å². The SMILES string of the molecule is COc1ccccc1NC(=O)Nc1ccnn1C1CCN(C(=O)C2CCCN(C)C2)CC1. The van der Waals surface area contributed by atoms with Crippen LogP contribution in [-0.4, -0.2) is 71.9 Å². The molecule has 9 nitrogen and oxygen atoms in total. The van der Waals surface area contributed by atoms with Crippen LogP contribution < -0.4 is 15.4 Å². The highest BCUT2D eigenvalue weighted by Crippen LogP contribution is 2.28. The lowest BCUT2D eigenvalue weighted by molar-refractivity contribution is -0.138. The standard InChI is InChI=1S/C23H32N6O3/c1-27-13-5-6-17(16-27)22(30)28-14-10-18(11-15-28)29-21(9-12-24-29)26-23(31)25-19-7-3-4-8-20(19)32-2/h3-4,7-9,12,17-18H,5-6,10-11,13-16H2,1-2H3,(H2,25,26,31). The van der Waals surface area contributed by atoms with Gasteiger partial charge in [0.25, 0.3) is 0 Å². The van der Waals surface area contributed by atoms with Crippen LogP contribution in [0.4, 0.5) is 16.3 Å². The predicted octanol–water partition coefficient (Wildman–Crippen LogP) is 3.04. The summed E-state index contributed by atoms with van der Waals surface area (Å²) in [4.78, 5) is 29.7. The summed E-state index contributed by atoms with van der Waals surface area (Å²) in [7, 11) is 3.65. The van der Waals surface area contributed by atoms with E-state index in [0.717, 1.165) is 51.9 Å². The summed E-state index contributed by atoms with van der Waals surface area (Å²) in [6.07, 6.45) is 5.39. The molecule has 2 aromatic rings. The third-order valence-electron chi connectivity index (χ3n) is 6.36. The number of hydrogen-bond acceptors (Lipinski definition) is 5. The first kappa shape index (κ1) is 22.1. The number of carbonyl (C=O) groups excluding carboxylic acids is 2. The van der Waals surface area contributed by atoms with Crippen LogP contribution in [0, 0.1) is 5.92 Å². The van der Waals surface area contributed by atoms with E-state index in [0.29, 0.717) is 17.3 Å². The average molecular weight is 441 g/mol. The van der Waals surface area contributed by atoms with Crippen LogP contribution in [0.2, 0.25) is 0 Å². The zero-order valence-electron chi connectivity index (χ0n) is 18.8. The van der Waals surface area contributed by atoms with Gasteiger partial charge in [0.15, 0.2) is 0 Å². The van der Waals surface area contributed by atoms with Crippen molar-refractivity contribution in [3.05, 3.63) is 36.5 Å². The number of benzene rings is 1. The molecule has 2 fully saturated rings. The molecule has 1 aromatic carbocycles. The summed E-state index contributed by atoms with van der Waals surface area (Å²) in [6.45, 7) is 3.37. The number of aromatic nitrogens is 2. The number of nitrogens with zero attached hydrogens (tertiary/aromatic N) is 4. The minimum absolute atomic E-state index is 0.117. The molecule has 0 saturated carbocycles. The van der Waals surface area contributed by atoms with Gasteiger partial charge in [-0.25, -0.2) is 9.48 Å². The Hall–Kier alpha value is -3.07. The number of hydrogen-bond donors (Lipinski definition) is 2. The number of amides is 3. The predicted molar refractivity (Wildman–Crippen MR) is 123 cm³/mol. The van der Waals surface area contributed by atoms with E-state index in [1.165, 1.54) is 0 Å². The number of methoxy groups -OCH3 is 1. The fourth-order valence-corrected chi connectivity index (χ4v) is 4.68. The van der Waals surface area contributed by atoms with E-state index < -0.39 is 0 Å². The molecule has 9 heteroatoms. The molecule has 3 heterocycles. The molecule has 0 bridgehead atoms. The first-order valence-electron chi connectivity index (χ1n) is 11.3. The number of para-hydroxylation sites is 2. The molecule has 0 radical (unpaired) electrons. The lowest BCUT2D eigenvalue weighted by atomic mass is 9.95. The monoisotopic (exact) mass is 440 g/mol. The largest absolute Gasteiger partial charge is 0.495 e. The number of carbonyl (C=O) groups is 2. The second-order valence-corrected chi connectivity index (χ2v) is 8.60. The summed E-state index contributed by atoms with van der Waals surface area (Å²) in [5.41, 5.74) is 0.596. The number of rotatable bonds is 5. The number of piperidine rings is 2. The Balaban J connectivity index is 1.33. The van der Waals surface area contributed by atoms with Gasteiger partial charge in [0.1, 0.15) is 11.6 Å². The Morgan fingerprint density at radius 3 is 2.59 bits per heavy atom. The molecule has 172 valence electrons. The lowest BCUT2D eigenvalue weighted by Crippen LogP contribution is -2.46. The first-order chi connectivity index (χ1) is 15.5.